The van der Waals surface area contributed by atoms with Gasteiger partial charge in [0.05, 0.1) is 11.2 Å². The van der Waals surface area contributed by atoms with E-state index in [2.05, 4.69) is 46.9 Å². The zero-order valence-electron chi connectivity index (χ0n) is 12.8. The number of aromatic nitrogens is 2. The van der Waals surface area contributed by atoms with Gasteiger partial charge in [-0.1, -0.05) is 18.2 Å². The van der Waals surface area contributed by atoms with Crippen molar-refractivity contribution in [3.63, 3.8) is 0 Å². The maximum absolute atomic E-state index is 4.90. The average Bonchev–Trinajstić information content (AvgIpc) is 3.01. The smallest absolute Gasteiger partial charge is 0.182 e. The Labute approximate surface area is 133 Å². The molecule has 1 aliphatic heterocycles. The van der Waals surface area contributed by atoms with Gasteiger partial charge in [0.1, 0.15) is 0 Å². The van der Waals surface area contributed by atoms with E-state index in [1.807, 2.05) is 7.05 Å². The van der Waals surface area contributed by atoms with Crippen LogP contribution < -0.4 is 5.32 Å². The second-order valence-electron chi connectivity index (χ2n) is 5.70. The number of rotatable bonds is 2. The number of nitrogens with zero attached hydrogens (tertiary/aromatic N) is 3. The summed E-state index contributed by atoms with van der Waals surface area (Å²) in [4.78, 5) is 12.0. The number of hydrogen-bond acceptors (Lipinski definition) is 5. The lowest BCUT2D eigenvalue weighted by molar-refractivity contribution is 0.311. The van der Waals surface area contributed by atoms with Crippen LogP contribution in [0.2, 0.25) is 0 Å². The van der Waals surface area contributed by atoms with E-state index >= 15 is 0 Å². The molecule has 0 saturated heterocycles. The Morgan fingerprint density at radius 1 is 1.23 bits per heavy atom. The fourth-order valence-electron chi connectivity index (χ4n) is 3.12. The zero-order chi connectivity index (χ0) is 15.1. The second-order valence-corrected chi connectivity index (χ2v) is 6.56. The molecule has 22 heavy (non-hydrogen) atoms. The normalized spacial score (nSPS) is 15.0. The third kappa shape index (κ3) is 2.17. The summed E-state index contributed by atoms with van der Waals surface area (Å²) in [5.41, 5.74) is 5.94. The first-order valence-electron chi connectivity index (χ1n) is 7.49. The third-order valence-corrected chi connectivity index (χ3v) is 5.07. The molecule has 4 nitrogen and oxygen atoms in total. The van der Waals surface area contributed by atoms with Crippen LogP contribution in [0, 0.1) is 0 Å². The van der Waals surface area contributed by atoms with Gasteiger partial charge in [-0.25, -0.2) is 4.98 Å². The van der Waals surface area contributed by atoms with Gasteiger partial charge in [-0.05, 0) is 18.7 Å². The van der Waals surface area contributed by atoms with Crippen molar-refractivity contribution in [2.75, 3.05) is 26.0 Å². The molecule has 0 atom stereocenters. The predicted molar refractivity (Wildman–Crippen MR) is 92.4 cm³/mol. The molecule has 0 saturated carbocycles. The minimum absolute atomic E-state index is 0.939. The predicted octanol–water partition coefficient (Wildman–Crippen LogP) is 3.39. The number of anilines is 1. The molecule has 1 aliphatic rings. The van der Waals surface area contributed by atoms with Crippen molar-refractivity contribution >= 4 is 27.4 Å². The fourth-order valence-corrected chi connectivity index (χ4v) is 3.78. The molecule has 4 rings (SSSR count). The fraction of sp³-hybridized carbons (Fsp3) is 0.294. The number of hydrogen-bond donors (Lipinski definition) is 1. The van der Waals surface area contributed by atoms with Crippen molar-refractivity contribution in [1.82, 2.24) is 14.9 Å². The SMILES string of the molecule is CNc1nc(-c2c3c(nc4ccccc24)CCN(C)C3)cs1. The van der Waals surface area contributed by atoms with Crippen LogP contribution in [-0.4, -0.2) is 35.5 Å². The van der Waals surface area contributed by atoms with Crippen LogP contribution in [0.3, 0.4) is 0 Å². The summed E-state index contributed by atoms with van der Waals surface area (Å²) in [6, 6.07) is 8.39. The molecule has 1 N–H and O–H groups in total. The van der Waals surface area contributed by atoms with E-state index in [1.54, 1.807) is 11.3 Å². The Balaban J connectivity index is 2.03. The monoisotopic (exact) mass is 310 g/mol. The van der Waals surface area contributed by atoms with E-state index in [1.165, 1.54) is 22.2 Å². The molecular weight excluding hydrogens is 292 g/mol. The molecule has 0 aliphatic carbocycles. The first-order chi connectivity index (χ1) is 10.8. The van der Waals surface area contributed by atoms with E-state index in [9.17, 15) is 0 Å². The molecule has 0 bridgehead atoms. The molecule has 0 spiro atoms. The molecule has 5 heteroatoms. The van der Waals surface area contributed by atoms with Crippen molar-refractivity contribution in [3.05, 3.63) is 40.9 Å². The molecule has 0 unspecified atom stereocenters. The lowest BCUT2D eigenvalue weighted by Gasteiger charge is -2.27. The molecule has 1 aromatic carbocycles. The van der Waals surface area contributed by atoms with Crippen LogP contribution in [0.25, 0.3) is 22.2 Å². The highest BCUT2D eigenvalue weighted by Gasteiger charge is 2.22. The van der Waals surface area contributed by atoms with Crippen molar-refractivity contribution in [3.8, 4) is 11.3 Å². The Hall–Kier alpha value is -1.98. The Bertz CT molecular complexity index is 840. The van der Waals surface area contributed by atoms with Gasteiger partial charge in [0.25, 0.3) is 0 Å². The van der Waals surface area contributed by atoms with E-state index in [4.69, 9.17) is 9.97 Å². The van der Waals surface area contributed by atoms with Crippen LogP contribution in [0.15, 0.2) is 29.6 Å². The first-order valence-corrected chi connectivity index (χ1v) is 8.37. The van der Waals surface area contributed by atoms with Gasteiger partial charge >= 0.3 is 0 Å². The summed E-state index contributed by atoms with van der Waals surface area (Å²) in [5.74, 6) is 0. The quantitative estimate of drug-likeness (QED) is 0.788. The van der Waals surface area contributed by atoms with Gasteiger partial charge in [0.15, 0.2) is 5.13 Å². The van der Waals surface area contributed by atoms with Gasteiger partial charge in [-0.15, -0.1) is 11.3 Å². The van der Waals surface area contributed by atoms with Gasteiger partial charge in [-0.2, -0.15) is 0 Å². The number of pyridine rings is 1. The number of nitrogens with one attached hydrogen (secondary N) is 1. The minimum atomic E-state index is 0.939. The maximum Gasteiger partial charge on any atom is 0.182 e. The zero-order valence-corrected chi connectivity index (χ0v) is 13.6. The summed E-state index contributed by atoms with van der Waals surface area (Å²) in [6.45, 7) is 2.01. The molecular formula is C17H18N4S. The second kappa shape index (κ2) is 5.34. The van der Waals surface area contributed by atoms with Crippen LogP contribution in [-0.2, 0) is 13.0 Å². The molecule has 0 amide bonds. The highest BCUT2D eigenvalue weighted by atomic mass is 32.1. The van der Waals surface area contributed by atoms with Crippen molar-refractivity contribution in [2.45, 2.75) is 13.0 Å². The van der Waals surface area contributed by atoms with Gasteiger partial charge in [0, 0.05) is 48.6 Å². The first kappa shape index (κ1) is 13.7. The minimum Gasteiger partial charge on any atom is -0.365 e. The Morgan fingerprint density at radius 3 is 2.91 bits per heavy atom. The lowest BCUT2D eigenvalue weighted by Crippen LogP contribution is -2.28. The lowest BCUT2D eigenvalue weighted by atomic mass is 9.94. The Kier molecular flexibility index (Phi) is 3.32. The third-order valence-electron chi connectivity index (χ3n) is 4.21. The number of para-hydroxylation sites is 1. The van der Waals surface area contributed by atoms with Gasteiger partial charge in [-0.3, -0.25) is 4.98 Å². The largest absolute Gasteiger partial charge is 0.365 e. The summed E-state index contributed by atoms with van der Waals surface area (Å²) in [7, 11) is 4.08. The summed E-state index contributed by atoms with van der Waals surface area (Å²) in [6.07, 6.45) is 1.01. The molecule has 3 aromatic rings. The van der Waals surface area contributed by atoms with Crippen LogP contribution in [0.4, 0.5) is 5.13 Å². The van der Waals surface area contributed by atoms with Crippen molar-refractivity contribution in [2.24, 2.45) is 0 Å². The number of likely N-dealkylation sites (N-methyl/N-ethyl adjacent to an activating group) is 1. The molecule has 112 valence electrons. The van der Waals surface area contributed by atoms with Crippen LogP contribution >= 0.6 is 11.3 Å². The van der Waals surface area contributed by atoms with Gasteiger partial charge < -0.3 is 10.2 Å². The van der Waals surface area contributed by atoms with Gasteiger partial charge in [0.2, 0.25) is 0 Å². The van der Waals surface area contributed by atoms with Crippen LogP contribution in [0.1, 0.15) is 11.3 Å². The van der Waals surface area contributed by atoms with Crippen molar-refractivity contribution in [1.29, 1.82) is 0 Å². The molecule has 0 radical (unpaired) electrons. The number of thiazole rings is 1. The van der Waals surface area contributed by atoms with Crippen molar-refractivity contribution < 1.29 is 0 Å². The average molecular weight is 310 g/mol. The van der Waals surface area contributed by atoms with E-state index < -0.39 is 0 Å². The summed E-state index contributed by atoms with van der Waals surface area (Å²) >= 11 is 1.65. The Morgan fingerprint density at radius 2 is 2.09 bits per heavy atom. The van der Waals surface area contributed by atoms with E-state index in [0.29, 0.717) is 0 Å². The van der Waals surface area contributed by atoms with E-state index in [-0.39, 0.29) is 0 Å². The maximum atomic E-state index is 4.90. The molecule has 3 heterocycles. The number of fused-ring (bicyclic) bond motifs is 2. The molecule has 0 fully saturated rings. The highest BCUT2D eigenvalue weighted by molar-refractivity contribution is 7.14. The number of benzene rings is 1. The van der Waals surface area contributed by atoms with E-state index in [0.717, 1.165) is 35.9 Å². The summed E-state index contributed by atoms with van der Waals surface area (Å²) < 4.78 is 0. The topological polar surface area (TPSA) is 41.1 Å². The van der Waals surface area contributed by atoms with Crippen LogP contribution in [0.5, 0.6) is 0 Å². The molecule has 2 aromatic heterocycles. The highest BCUT2D eigenvalue weighted by Crippen LogP contribution is 2.36. The summed E-state index contributed by atoms with van der Waals surface area (Å²) in [5, 5.41) is 7.43. The standard InChI is InChI=1S/C17H18N4S/c1-18-17-20-15(10-22-17)16-11-5-3-4-6-13(11)19-14-7-8-21(2)9-12(14)16/h3-6,10H,7-9H2,1-2H3,(H,18,20).